The van der Waals surface area contributed by atoms with E-state index in [9.17, 15) is 4.79 Å². The molecule has 1 aromatic carbocycles. The van der Waals surface area contributed by atoms with E-state index in [1.165, 1.54) is 67.4 Å². The zero-order chi connectivity index (χ0) is 33.8. The van der Waals surface area contributed by atoms with Gasteiger partial charge in [-0.2, -0.15) is 0 Å². The lowest BCUT2D eigenvalue weighted by molar-refractivity contribution is 0.101. The summed E-state index contributed by atoms with van der Waals surface area (Å²) in [5.74, 6) is 0.728. The van der Waals surface area contributed by atoms with Crippen molar-refractivity contribution in [3.05, 3.63) is 70.6 Å². The summed E-state index contributed by atoms with van der Waals surface area (Å²) in [6, 6.07) is 11.5. The second-order valence-electron chi connectivity index (χ2n) is 10.7. The first kappa shape index (κ1) is 44.7. The molecule has 0 spiro atoms. The average molecular weight is 596 g/mol. The number of Topliss-reactive ketones (excluding diaryl/α,β-unsaturated/α-hetero) is 1. The summed E-state index contributed by atoms with van der Waals surface area (Å²) >= 11 is 0. The van der Waals surface area contributed by atoms with Crippen molar-refractivity contribution in [2.75, 3.05) is 5.73 Å². The minimum absolute atomic E-state index is 0.132. The van der Waals surface area contributed by atoms with Gasteiger partial charge in [0.25, 0.3) is 0 Å². The minimum atomic E-state index is 0.132. The molecule has 2 N–H and O–H groups in total. The number of allylic oxidation sites excluding steroid dienone is 1. The number of aliphatic imine (C=N–C) groups is 1. The van der Waals surface area contributed by atoms with Crippen molar-refractivity contribution in [3.63, 3.8) is 0 Å². The molecule has 4 nitrogen and oxygen atoms in total. The molecule has 0 aliphatic rings. The van der Waals surface area contributed by atoms with Crippen LogP contribution in [0.1, 0.15) is 162 Å². The molecule has 0 amide bonds. The van der Waals surface area contributed by atoms with Crippen molar-refractivity contribution in [1.82, 2.24) is 4.98 Å². The first-order chi connectivity index (χ1) is 20.5. The summed E-state index contributed by atoms with van der Waals surface area (Å²) in [7, 11) is 0. The largest absolute Gasteiger partial charge is 0.384 e. The highest BCUT2D eigenvalue weighted by atomic mass is 16.1. The molecule has 0 atom stereocenters. The van der Waals surface area contributed by atoms with Crippen molar-refractivity contribution in [3.8, 4) is 0 Å². The molecule has 1 heterocycles. The Bertz CT molecular complexity index is 1010. The standard InChI is InChI=1S/C18H35N.C10H12O.C7H10N2.2C2H6/c1-7-11-14-18(12-8-2,13-9-3)16(5)15-19-17(6)10-4;1-3-9-4-6-10(7-5-9)8(2)11;1-5-3-4-7(8)9-6(5)2;2*1-2/h15H,7-14H2,1-6H3;4-7H,3H2,1-2H3;3-4H,1-2H3,(H2,8,9);2*1-2H3/b16-15+,19-17?;;;;. The van der Waals surface area contributed by atoms with Gasteiger partial charge in [0.2, 0.25) is 0 Å². The predicted molar refractivity (Wildman–Crippen MR) is 196 cm³/mol. The van der Waals surface area contributed by atoms with Gasteiger partial charge in [0.15, 0.2) is 5.78 Å². The van der Waals surface area contributed by atoms with Crippen molar-refractivity contribution < 1.29 is 4.79 Å². The van der Waals surface area contributed by atoms with Gasteiger partial charge in [-0.3, -0.25) is 9.79 Å². The van der Waals surface area contributed by atoms with E-state index in [-0.39, 0.29) is 5.78 Å². The lowest BCUT2D eigenvalue weighted by Gasteiger charge is -2.35. The number of unbranched alkanes of at least 4 members (excludes halogenated alkanes) is 1. The van der Waals surface area contributed by atoms with Crippen molar-refractivity contribution >= 4 is 17.3 Å². The monoisotopic (exact) mass is 596 g/mol. The fourth-order valence-electron chi connectivity index (χ4n) is 4.50. The van der Waals surface area contributed by atoms with Crippen LogP contribution < -0.4 is 5.73 Å². The Kier molecular flexibility index (Phi) is 29.1. The van der Waals surface area contributed by atoms with E-state index in [1.807, 2.05) is 77.9 Å². The van der Waals surface area contributed by atoms with Gasteiger partial charge in [-0.25, -0.2) is 4.98 Å². The fraction of sp³-hybridized carbons (Fsp3) is 0.615. The number of rotatable bonds is 12. The van der Waals surface area contributed by atoms with Gasteiger partial charge in [0, 0.05) is 23.2 Å². The van der Waals surface area contributed by atoms with Crippen LogP contribution in [0.5, 0.6) is 0 Å². The Morgan fingerprint density at radius 1 is 0.814 bits per heavy atom. The van der Waals surface area contributed by atoms with E-state index >= 15 is 0 Å². The summed E-state index contributed by atoms with van der Waals surface area (Å²) in [4.78, 5) is 19.5. The fourth-order valence-corrected chi connectivity index (χ4v) is 4.50. The van der Waals surface area contributed by atoms with Crippen LogP contribution in [0.25, 0.3) is 0 Å². The number of hydrogen-bond donors (Lipinski definition) is 1. The number of aryl methyl sites for hydroxylation is 3. The quantitative estimate of drug-likeness (QED) is 0.196. The Hall–Kier alpha value is -2.75. The van der Waals surface area contributed by atoms with Gasteiger partial charge >= 0.3 is 0 Å². The molecule has 246 valence electrons. The highest BCUT2D eigenvalue weighted by Crippen LogP contribution is 2.42. The summed E-state index contributed by atoms with van der Waals surface area (Å²) in [6.45, 7) is 29.2. The van der Waals surface area contributed by atoms with Crippen LogP contribution in [0.2, 0.25) is 0 Å². The molecule has 0 unspecified atom stereocenters. The summed E-state index contributed by atoms with van der Waals surface area (Å²) in [5, 5.41) is 0. The third-order valence-electron chi connectivity index (χ3n) is 7.43. The lowest BCUT2D eigenvalue weighted by atomic mass is 9.70. The maximum atomic E-state index is 10.8. The van der Waals surface area contributed by atoms with Gasteiger partial charge in [-0.15, -0.1) is 0 Å². The molecular formula is C39H69N3O. The summed E-state index contributed by atoms with van der Waals surface area (Å²) < 4.78 is 0. The Labute approximate surface area is 268 Å². The van der Waals surface area contributed by atoms with Crippen molar-refractivity contribution in [1.29, 1.82) is 0 Å². The van der Waals surface area contributed by atoms with E-state index < -0.39 is 0 Å². The Morgan fingerprint density at radius 2 is 1.35 bits per heavy atom. The molecule has 0 saturated carbocycles. The second-order valence-corrected chi connectivity index (χ2v) is 10.7. The Balaban J connectivity index is -0.000000563. The van der Waals surface area contributed by atoms with Crippen LogP contribution in [-0.4, -0.2) is 16.5 Å². The number of hydrogen-bond acceptors (Lipinski definition) is 4. The molecule has 0 bridgehead atoms. The number of ketones is 1. The van der Waals surface area contributed by atoms with E-state index in [0.29, 0.717) is 11.2 Å². The van der Waals surface area contributed by atoms with Crippen LogP contribution in [0.4, 0.5) is 5.82 Å². The van der Waals surface area contributed by atoms with Crippen molar-refractivity contribution in [2.24, 2.45) is 10.4 Å². The predicted octanol–water partition coefficient (Wildman–Crippen LogP) is 12.3. The number of carbonyl (C=O) groups excluding carboxylic acids is 1. The van der Waals surface area contributed by atoms with Gasteiger partial charge in [-0.05, 0) is 94.9 Å². The third kappa shape index (κ3) is 19.9. The number of aromatic nitrogens is 1. The maximum Gasteiger partial charge on any atom is 0.159 e. The summed E-state index contributed by atoms with van der Waals surface area (Å²) in [5.41, 5.74) is 12.8. The van der Waals surface area contributed by atoms with Crippen LogP contribution in [0.3, 0.4) is 0 Å². The first-order valence-electron chi connectivity index (χ1n) is 17.0. The molecular weight excluding hydrogens is 526 g/mol. The molecule has 4 heteroatoms. The highest BCUT2D eigenvalue weighted by Gasteiger charge is 2.29. The molecule has 0 fully saturated rings. The molecule has 2 aromatic rings. The highest BCUT2D eigenvalue weighted by molar-refractivity contribution is 5.94. The van der Waals surface area contributed by atoms with E-state index in [0.717, 1.165) is 24.1 Å². The number of carbonyl (C=O) groups is 1. The smallest absolute Gasteiger partial charge is 0.159 e. The number of pyridine rings is 1. The molecule has 2 rings (SSSR count). The van der Waals surface area contributed by atoms with Crippen molar-refractivity contribution in [2.45, 2.75) is 155 Å². The number of nitrogens with zero attached hydrogens (tertiary/aromatic N) is 2. The van der Waals surface area contributed by atoms with Crippen LogP contribution >= 0.6 is 0 Å². The van der Waals surface area contributed by atoms with E-state index in [1.54, 1.807) is 6.92 Å². The SMILES string of the molecule is CC.CC.CCCCC(CCC)(CCC)/C(C)=C/N=C(C)CC.CCc1ccc(C(C)=O)cc1.Cc1ccc(N)nc1C. The van der Waals surface area contributed by atoms with E-state index in [4.69, 9.17) is 5.73 Å². The zero-order valence-electron chi connectivity index (χ0n) is 30.8. The minimum Gasteiger partial charge on any atom is -0.384 e. The first-order valence-corrected chi connectivity index (χ1v) is 17.0. The molecule has 1 aromatic heterocycles. The van der Waals surface area contributed by atoms with Crippen LogP contribution in [-0.2, 0) is 6.42 Å². The third-order valence-corrected chi connectivity index (χ3v) is 7.43. The number of nitrogens with two attached hydrogens (primary N) is 1. The van der Waals surface area contributed by atoms with Gasteiger partial charge < -0.3 is 5.73 Å². The average Bonchev–Trinajstić information content (AvgIpc) is 3.03. The normalized spacial score (nSPS) is 10.9. The molecule has 0 radical (unpaired) electrons. The Morgan fingerprint density at radius 3 is 1.72 bits per heavy atom. The number of anilines is 1. The lowest BCUT2D eigenvalue weighted by Crippen LogP contribution is -2.22. The van der Waals surface area contributed by atoms with Crippen LogP contribution in [0, 0.1) is 19.3 Å². The van der Waals surface area contributed by atoms with E-state index in [2.05, 4.69) is 64.6 Å². The molecule has 0 aliphatic carbocycles. The van der Waals surface area contributed by atoms with Gasteiger partial charge in [0.1, 0.15) is 5.82 Å². The topological polar surface area (TPSA) is 68.3 Å². The number of nitrogen functional groups attached to an aromatic ring is 1. The van der Waals surface area contributed by atoms with Gasteiger partial charge in [0.05, 0.1) is 0 Å². The molecule has 0 aliphatic heterocycles. The van der Waals surface area contributed by atoms with Gasteiger partial charge in [-0.1, -0.05) is 118 Å². The molecule has 0 saturated heterocycles. The van der Waals surface area contributed by atoms with Crippen LogP contribution in [0.15, 0.2) is 53.2 Å². The summed E-state index contributed by atoms with van der Waals surface area (Å²) in [6.07, 6.45) is 13.3. The number of benzene rings is 1. The maximum absolute atomic E-state index is 10.8. The second kappa shape index (κ2) is 28.0. The zero-order valence-corrected chi connectivity index (χ0v) is 30.8. The molecule has 43 heavy (non-hydrogen) atoms.